The van der Waals surface area contributed by atoms with E-state index in [1.54, 1.807) is 6.92 Å². The van der Waals surface area contributed by atoms with Gasteiger partial charge in [0.25, 0.3) is 0 Å². The number of carbonyl (C=O) groups is 1. The second-order valence-electron chi connectivity index (χ2n) is 4.61. The first kappa shape index (κ1) is 13.1. The van der Waals surface area contributed by atoms with Gasteiger partial charge in [0, 0.05) is 27.1 Å². The van der Waals surface area contributed by atoms with Crippen molar-refractivity contribution in [1.29, 1.82) is 0 Å². The van der Waals surface area contributed by atoms with E-state index in [1.165, 1.54) is 5.56 Å². The van der Waals surface area contributed by atoms with Crippen molar-refractivity contribution < 1.29 is 4.79 Å². The number of nitrogens with zero attached hydrogens (tertiary/aromatic N) is 1. The minimum atomic E-state index is 0.115. The van der Waals surface area contributed by atoms with Crippen molar-refractivity contribution in [3.05, 3.63) is 51.3 Å². The molecule has 2 rings (SSSR count). The van der Waals surface area contributed by atoms with Crippen molar-refractivity contribution >= 4 is 21.7 Å². The third-order valence-corrected chi connectivity index (χ3v) is 3.70. The van der Waals surface area contributed by atoms with Gasteiger partial charge in [0.1, 0.15) is 0 Å². The van der Waals surface area contributed by atoms with Crippen LogP contribution in [0.1, 0.15) is 34.2 Å². The van der Waals surface area contributed by atoms with Crippen LogP contribution in [0.2, 0.25) is 0 Å². The average Bonchev–Trinajstić information content (AvgIpc) is 2.56. The zero-order chi connectivity index (χ0) is 13.4. The third-order valence-electron chi connectivity index (χ3n) is 3.21. The van der Waals surface area contributed by atoms with Crippen LogP contribution >= 0.6 is 15.9 Å². The first-order chi connectivity index (χ1) is 8.41. The Morgan fingerprint density at radius 2 is 1.83 bits per heavy atom. The number of halogens is 1. The number of Topliss-reactive ketones (excluding diaryl/α,β-unsaturated/α-hetero) is 1. The van der Waals surface area contributed by atoms with E-state index < -0.39 is 0 Å². The lowest BCUT2D eigenvalue weighted by atomic mass is 10.1. The number of aromatic nitrogens is 1. The number of aryl methyl sites for hydroxylation is 2. The summed E-state index contributed by atoms with van der Waals surface area (Å²) in [5.41, 5.74) is 5.20. The highest BCUT2D eigenvalue weighted by molar-refractivity contribution is 9.10. The zero-order valence-corrected chi connectivity index (χ0v) is 12.6. The third kappa shape index (κ3) is 2.15. The van der Waals surface area contributed by atoms with E-state index in [1.807, 2.05) is 26.0 Å². The maximum Gasteiger partial charge on any atom is 0.161 e. The summed E-state index contributed by atoms with van der Waals surface area (Å²) < 4.78 is 3.21. The van der Waals surface area contributed by atoms with Crippen molar-refractivity contribution in [2.75, 3.05) is 0 Å². The number of rotatable bonds is 2. The van der Waals surface area contributed by atoms with Crippen LogP contribution in [0.25, 0.3) is 5.69 Å². The van der Waals surface area contributed by atoms with E-state index in [0.717, 1.165) is 27.1 Å². The van der Waals surface area contributed by atoms with Gasteiger partial charge in [-0.05, 0) is 57.5 Å². The molecule has 0 amide bonds. The first-order valence-electron chi connectivity index (χ1n) is 5.88. The molecule has 0 atom stereocenters. The second-order valence-corrected chi connectivity index (χ2v) is 5.52. The van der Waals surface area contributed by atoms with Crippen molar-refractivity contribution in [2.24, 2.45) is 0 Å². The fraction of sp³-hybridized carbons (Fsp3) is 0.267. The molecule has 0 N–H and O–H groups in total. The summed E-state index contributed by atoms with van der Waals surface area (Å²) in [6.07, 6.45) is 0. The molecule has 0 spiro atoms. The quantitative estimate of drug-likeness (QED) is 0.755. The van der Waals surface area contributed by atoms with E-state index in [-0.39, 0.29) is 5.78 Å². The summed E-state index contributed by atoms with van der Waals surface area (Å²) in [6, 6.07) is 8.14. The highest BCUT2D eigenvalue weighted by atomic mass is 79.9. The van der Waals surface area contributed by atoms with Crippen LogP contribution in [0.3, 0.4) is 0 Å². The molecule has 0 fully saturated rings. The number of carbonyl (C=O) groups excluding carboxylic acids is 1. The Hall–Kier alpha value is -1.35. The van der Waals surface area contributed by atoms with Crippen molar-refractivity contribution in [3.63, 3.8) is 0 Å². The molecule has 0 aliphatic heterocycles. The minimum absolute atomic E-state index is 0.115. The Bertz CT molecular complexity index is 626. The van der Waals surface area contributed by atoms with Gasteiger partial charge >= 0.3 is 0 Å². The smallest absolute Gasteiger partial charge is 0.161 e. The molecule has 1 aromatic carbocycles. The molecule has 1 aromatic heterocycles. The van der Waals surface area contributed by atoms with Crippen LogP contribution in [0.5, 0.6) is 0 Å². The van der Waals surface area contributed by atoms with E-state index in [0.29, 0.717) is 0 Å². The van der Waals surface area contributed by atoms with Crippen LogP contribution in [0, 0.1) is 20.8 Å². The summed E-state index contributed by atoms with van der Waals surface area (Å²) in [5.74, 6) is 0.115. The predicted molar refractivity (Wildman–Crippen MR) is 77.7 cm³/mol. The normalized spacial score (nSPS) is 10.7. The first-order valence-corrected chi connectivity index (χ1v) is 6.67. The molecular formula is C15H16BrNO. The molecule has 0 bridgehead atoms. The van der Waals surface area contributed by atoms with Crippen LogP contribution in [0.4, 0.5) is 0 Å². The summed E-state index contributed by atoms with van der Waals surface area (Å²) in [5, 5.41) is 0. The van der Waals surface area contributed by atoms with E-state index in [2.05, 4.69) is 39.6 Å². The van der Waals surface area contributed by atoms with Gasteiger partial charge < -0.3 is 4.57 Å². The van der Waals surface area contributed by atoms with Gasteiger partial charge in [0.2, 0.25) is 0 Å². The van der Waals surface area contributed by atoms with Gasteiger partial charge in [-0.15, -0.1) is 0 Å². The predicted octanol–water partition coefficient (Wildman–Crippen LogP) is 4.37. The van der Waals surface area contributed by atoms with Crippen LogP contribution < -0.4 is 0 Å². The van der Waals surface area contributed by atoms with Crippen LogP contribution in [-0.4, -0.2) is 10.4 Å². The SMILES string of the molecule is CC(=O)c1cc(C)n(-c2ccc(Br)cc2C)c1C. The molecular weight excluding hydrogens is 290 g/mol. The van der Waals surface area contributed by atoms with Gasteiger partial charge in [-0.25, -0.2) is 0 Å². The number of benzene rings is 1. The van der Waals surface area contributed by atoms with E-state index >= 15 is 0 Å². The molecule has 0 aliphatic rings. The van der Waals surface area contributed by atoms with E-state index in [4.69, 9.17) is 0 Å². The summed E-state index contributed by atoms with van der Waals surface area (Å²) in [6.45, 7) is 7.71. The molecule has 3 heteroatoms. The fourth-order valence-corrected chi connectivity index (χ4v) is 2.84. The summed E-state index contributed by atoms with van der Waals surface area (Å²) in [4.78, 5) is 11.6. The lowest BCUT2D eigenvalue weighted by molar-refractivity contribution is 0.101. The molecule has 0 saturated carbocycles. The highest BCUT2D eigenvalue weighted by Crippen LogP contribution is 2.25. The van der Waals surface area contributed by atoms with Gasteiger partial charge in [-0.3, -0.25) is 4.79 Å². The van der Waals surface area contributed by atoms with Gasteiger partial charge in [0.15, 0.2) is 5.78 Å². The molecule has 0 aliphatic carbocycles. The maximum absolute atomic E-state index is 11.6. The molecule has 0 unspecified atom stereocenters. The lowest BCUT2D eigenvalue weighted by Crippen LogP contribution is -2.03. The van der Waals surface area contributed by atoms with Crippen molar-refractivity contribution in [2.45, 2.75) is 27.7 Å². The monoisotopic (exact) mass is 305 g/mol. The van der Waals surface area contributed by atoms with Gasteiger partial charge in [-0.1, -0.05) is 15.9 Å². The fourth-order valence-electron chi connectivity index (χ4n) is 2.36. The van der Waals surface area contributed by atoms with Crippen molar-refractivity contribution in [3.8, 4) is 5.69 Å². The number of hydrogen-bond acceptors (Lipinski definition) is 1. The molecule has 0 radical (unpaired) electrons. The summed E-state index contributed by atoms with van der Waals surface area (Å²) >= 11 is 3.47. The molecule has 2 aromatic rings. The number of ketones is 1. The molecule has 1 heterocycles. The molecule has 2 nitrogen and oxygen atoms in total. The van der Waals surface area contributed by atoms with Gasteiger partial charge in [0.05, 0.1) is 0 Å². The topological polar surface area (TPSA) is 22.0 Å². The Kier molecular flexibility index (Phi) is 3.44. The second kappa shape index (κ2) is 4.73. The minimum Gasteiger partial charge on any atom is -0.317 e. The molecule has 0 saturated heterocycles. The van der Waals surface area contributed by atoms with Gasteiger partial charge in [-0.2, -0.15) is 0 Å². The number of hydrogen-bond donors (Lipinski definition) is 0. The maximum atomic E-state index is 11.6. The Morgan fingerprint density at radius 1 is 1.17 bits per heavy atom. The zero-order valence-electron chi connectivity index (χ0n) is 11.0. The Labute approximate surface area is 116 Å². The molecule has 18 heavy (non-hydrogen) atoms. The average molecular weight is 306 g/mol. The Balaban J connectivity index is 2.68. The lowest BCUT2D eigenvalue weighted by Gasteiger charge is -2.13. The Morgan fingerprint density at radius 3 is 2.33 bits per heavy atom. The van der Waals surface area contributed by atoms with Crippen LogP contribution in [-0.2, 0) is 0 Å². The van der Waals surface area contributed by atoms with E-state index in [9.17, 15) is 4.79 Å². The van der Waals surface area contributed by atoms with Crippen LogP contribution in [0.15, 0.2) is 28.7 Å². The largest absolute Gasteiger partial charge is 0.317 e. The molecule has 94 valence electrons. The standard InChI is InChI=1S/C15H16BrNO/c1-9-7-13(16)5-6-15(9)17-10(2)8-14(11(17)3)12(4)18/h5-8H,1-4H3. The van der Waals surface area contributed by atoms with Crippen molar-refractivity contribution in [1.82, 2.24) is 4.57 Å². The summed E-state index contributed by atoms with van der Waals surface area (Å²) in [7, 11) is 0. The highest BCUT2D eigenvalue weighted by Gasteiger charge is 2.14.